The smallest absolute Gasteiger partial charge is 0.338 e. The Kier molecular flexibility index (Phi) is 6.05. The van der Waals surface area contributed by atoms with Crippen molar-refractivity contribution in [2.75, 3.05) is 5.75 Å². The molecular weight excluding hydrogens is 239 g/mol. The minimum absolute atomic E-state index is 0.239. The first-order valence-electron chi connectivity index (χ1n) is 5.74. The van der Waals surface area contributed by atoms with Gasteiger partial charge in [-0.3, -0.25) is 0 Å². The van der Waals surface area contributed by atoms with Crippen LogP contribution in [-0.4, -0.2) is 16.8 Å². The summed E-state index contributed by atoms with van der Waals surface area (Å²) in [4.78, 5) is 10.7. The van der Waals surface area contributed by atoms with Crippen LogP contribution in [-0.2, 0) is 5.75 Å². The molecule has 0 radical (unpaired) electrons. The van der Waals surface area contributed by atoms with Crippen LogP contribution in [0, 0.1) is 5.82 Å². The summed E-state index contributed by atoms with van der Waals surface area (Å²) in [6, 6.07) is 4.30. The Hall–Kier alpha value is -1.03. The van der Waals surface area contributed by atoms with Crippen molar-refractivity contribution in [3.8, 4) is 0 Å². The second kappa shape index (κ2) is 7.33. The van der Waals surface area contributed by atoms with E-state index >= 15 is 0 Å². The molecule has 0 heterocycles. The van der Waals surface area contributed by atoms with Crippen molar-refractivity contribution in [3.05, 3.63) is 35.1 Å². The van der Waals surface area contributed by atoms with Crippen LogP contribution in [0.3, 0.4) is 0 Å². The Balaban J connectivity index is 2.49. The number of hydrogen-bond acceptors (Lipinski definition) is 2. The summed E-state index contributed by atoms with van der Waals surface area (Å²) in [5.41, 5.74) is 0.627. The van der Waals surface area contributed by atoms with Gasteiger partial charge in [0.25, 0.3) is 0 Å². The minimum Gasteiger partial charge on any atom is -0.478 e. The molecule has 0 aromatic heterocycles. The molecule has 1 N–H and O–H groups in total. The number of aromatic carboxylic acids is 1. The molecule has 1 aromatic rings. The zero-order chi connectivity index (χ0) is 12.7. The molecule has 0 atom stereocenters. The zero-order valence-electron chi connectivity index (χ0n) is 9.91. The molecule has 0 bridgehead atoms. The van der Waals surface area contributed by atoms with Gasteiger partial charge in [0, 0.05) is 5.75 Å². The maximum absolute atomic E-state index is 13.1. The molecule has 0 aliphatic carbocycles. The van der Waals surface area contributed by atoms with Gasteiger partial charge in [0.2, 0.25) is 0 Å². The van der Waals surface area contributed by atoms with Crippen molar-refractivity contribution in [2.24, 2.45) is 0 Å². The number of benzene rings is 1. The summed E-state index contributed by atoms with van der Waals surface area (Å²) in [6.45, 7) is 2.16. The van der Waals surface area contributed by atoms with Crippen LogP contribution in [0.15, 0.2) is 18.2 Å². The van der Waals surface area contributed by atoms with E-state index in [0.717, 1.165) is 17.1 Å². The van der Waals surface area contributed by atoms with Gasteiger partial charge >= 0.3 is 5.97 Å². The van der Waals surface area contributed by atoms with Crippen molar-refractivity contribution >= 4 is 17.7 Å². The third kappa shape index (κ3) is 4.77. The van der Waals surface area contributed by atoms with Gasteiger partial charge in [0.05, 0.1) is 5.56 Å². The molecule has 0 fully saturated rings. The standard InChI is InChI=1S/C13H17FO2S/c1-2-3-4-7-17-9-10-5-6-12(14)11(8-10)13(15)16/h5-6,8H,2-4,7,9H2,1H3,(H,15,16). The summed E-state index contributed by atoms with van der Waals surface area (Å²) < 4.78 is 13.1. The number of carboxylic acid groups (broad SMARTS) is 1. The van der Waals surface area contributed by atoms with Crippen molar-refractivity contribution < 1.29 is 14.3 Å². The van der Waals surface area contributed by atoms with Crippen molar-refractivity contribution in [3.63, 3.8) is 0 Å². The van der Waals surface area contributed by atoms with E-state index in [4.69, 9.17) is 5.11 Å². The second-order valence-electron chi connectivity index (χ2n) is 3.88. The Labute approximate surface area is 105 Å². The topological polar surface area (TPSA) is 37.3 Å². The van der Waals surface area contributed by atoms with Crippen LogP contribution in [0.25, 0.3) is 0 Å². The third-order valence-corrected chi connectivity index (χ3v) is 3.54. The molecule has 4 heteroatoms. The largest absolute Gasteiger partial charge is 0.478 e. The average Bonchev–Trinajstić information content (AvgIpc) is 2.30. The van der Waals surface area contributed by atoms with E-state index in [-0.39, 0.29) is 5.56 Å². The molecule has 0 spiro atoms. The lowest BCUT2D eigenvalue weighted by Gasteiger charge is -2.04. The quantitative estimate of drug-likeness (QED) is 0.751. The maximum Gasteiger partial charge on any atom is 0.338 e. The van der Waals surface area contributed by atoms with Gasteiger partial charge in [-0.2, -0.15) is 11.8 Å². The van der Waals surface area contributed by atoms with Crippen molar-refractivity contribution in [1.82, 2.24) is 0 Å². The normalized spacial score (nSPS) is 10.5. The fourth-order valence-corrected chi connectivity index (χ4v) is 2.44. The van der Waals surface area contributed by atoms with Gasteiger partial charge in [-0.1, -0.05) is 25.8 Å². The predicted octanol–water partition coefficient (Wildman–Crippen LogP) is 3.95. The molecule has 0 saturated heterocycles. The van der Waals surface area contributed by atoms with Crippen LogP contribution in [0.4, 0.5) is 4.39 Å². The predicted molar refractivity (Wildman–Crippen MR) is 69.0 cm³/mol. The SMILES string of the molecule is CCCCCSCc1ccc(F)c(C(=O)O)c1. The Bertz CT molecular complexity index is 380. The fourth-order valence-electron chi connectivity index (χ4n) is 1.47. The number of carbonyl (C=O) groups is 1. The summed E-state index contributed by atoms with van der Waals surface area (Å²) in [5, 5.41) is 8.78. The monoisotopic (exact) mass is 256 g/mol. The summed E-state index contributed by atoms with van der Waals surface area (Å²) in [7, 11) is 0. The Morgan fingerprint density at radius 1 is 1.41 bits per heavy atom. The molecule has 17 heavy (non-hydrogen) atoms. The lowest BCUT2D eigenvalue weighted by Crippen LogP contribution is -2.01. The third-order valence-electron chi connectivity index (χ3n) is 2.42. The number of thioether (sulfide) groups is 1. The van der Waals surface area contributed by atoms with Crippen molar-refractivity contribution in [2.45, 2.75) is 31.9 Å². The number of rotatable bonds is 7. The van der Waals surface area contributed by atoms with Gasteiger partial charge in [-0.25, -0.2) is 9.18 Å². The lowest BCUT2D eigenvalue weighted by molar-refractivity contribution is 0.0692. The van der Waals surface area contributed by atoms with Crippen LogP contribution in [0.1, 0.15) is 42.1 Å². The highest BCUT2D eigenvalue weighted by Crippen LogP contribution is 2.17. The second-order valence-corrected chi connectivity index (χ2v) is 4.98. The zero-order valence-corrected chi connectivity index (χ0v) is 10.7. The molecule has 1 rings (SSSR count). The summed E-state index contributed by atoms with van der Waals surface area (Å²) in [5.74, 6) is -0.0738. The van der Waals surface area contributed by atoms with Crippen LogP contribution in [0.5, 0.6) is 0 Å². The minimum atomic E-state index is -1.21. The van der Waals surface area contributed by atoms with E-state index in [1.165, 1.54) is 31.4 Å². The van der Waals surface area contributed by atoms with Crippen LogP contribution < -0.4 is 0 Å². The van der Waals surface area contributed by atoms with E-state index in [1.807, 2.05) is 0 Å². The molecule has 94 valence electrons. The van der Waals surface area contributed by atoms with E-state index in [9.17, 15) is 9.18 Å². The van der Waals surface area contributed by atoms with Gasteiger partial charge < -0.3 is 5.11 Å². The van der Waals surface area contributed by atoms with Gasteiger partial charge in [0.15, 0.2) is 0 Å². The molecule has 0 unspecified atom stereocenters. The molecular formula is C13H17FO2S. The molecule has 2 nitrogen and oxygen atoms in total. The van der Waals surface area contributed by atoms with Gasteiger partial charge in [0.1, 0.15) is 5.82 Å². The maximum atomic E-state index is 13.1. The highest BCUT2D eigenvalue weighted by atomic mass is 32.2. The van der Waals surface area contributed by atoms with Crippen LogP contribution >= 0.6 is 11.8 Å². The highest BCUT2D eigenvalue weighted by Gasteiger charge is 2.10. The van der Waals surface area contributed by atoms with E-state index < -0.39 is 11.8 Å². The van der Waals surface area contributed by atoms with E-state index in [1.54, 1.807) is 17.8 Å². The Morgan fingerprint density at radius 3 is 2.82 bits per heavy atom. The molecule has 0 aliphatic heterocycles. The number of unbranched alkanes of at least 4 members (excludes halogenated alkanes) is 2. The van der Waals surface area contributed by atoms with E-state index in [2.05, 4.69) is 6.92 Å². The van der Waals surface area contributed by atoms with Crippen molar-refractivity contribution in [1.29, 1.82) is 0 Å². The summed E-state index contributed by atoms with van der Waals surface area (Å²) >= 11 is 1.76. The first-order chi connectivity index (χ1) is 8.15. The van der Waals surface area contributed by atoms with E-state index in [0.29, 0.717) is 0 Å². The number of carboxylic acids is 1. The first-order valence-corrected chi connectivity index (χ1v) is 6.90. The fraction of sp³-hybridized carbons (Fsp3) is 0.462. The lowest BCUT2D eigenvalue weighted by atomic mass is 10.1. The first kappa shape index (κ1) is 14.0. The van der Waals surface area contributed by atoms with Gasteiger partial charge in [-0.05, 0) is 29.9 Å². The number of halogens is 1. The molecule has 0 amide bonds. The van der Waals surface area contributed by atoms with Gasteiger partial charge in [-0.15, -0.1) is 0 Å². The molecule has 1 aromatic carbocycles. The average molecular weight is 256 g/mol. The molecule has 0 aliphatic rings. The number of hydrogen-bond donors (Lipinski definition) is 1. The molecule has 0 saturated carbocycles. The Morgan fingerprint density at radius 2 is 2.18 bits per heavy atom. The van der Waals surface area contributed by atoms with Crippen LogP contribution in [0.2, 0.25) is 0 Å². The summed E-state index contributed by atoms with van der Waals surface area (Å²) in [6.07, 6.45) is 3.59. The highest BCUT2D eigenvalue weighted by molar-refractivity contribution is 7.98.